The van der Waals surface area contributed by atoms with Crippen LogP contribution in [0.1, 0.15) is 16.9 Å². The molecule has 1 aromatic rings. The fraction of sp³-hybridized carbons (Fsp3) is 0.500. The van der Waals surface area contributed by atoms with Crippen LogP contribution in [0.4, 0.5) is 0 Å². The molecule has 2 aliphatic heterocycles. The van der Waals surface area contributed by atoms with Crippen LogP contribution in [0.5, 0.6) is 0 Å². The third kappa shape index (κ3) is 1.50. The average molecular weight is 218 g/mol. The van der Waals surface area contributed by atoms with Crippen LogP contribution in [0.15, 0.2) is 24.4 Å². The molecule has 1 spiro atoms. The van der Waals surface area contributed by atoms with Crippen LogP contribution in [0, 0.1) is 5.41 Å². The van der Waals surface area contributed by atoms with Gasteiger partial charge in [0.15, 0.2) is 0 Å². The van der Waals surface area contributed by atoms with E-state index in [-0.39, 0.29) is 11.3 Å². The van der Waals surface area contributed by atoms with Crippen molar-refractivity contribution in [2.75, 3.05) is 26.3 Å². The normalized spacial score (nSPS) is 22.1. The Kier molecular flexibility index (Phi) is 2.17. The standard InChI is InChI=1S/C12H14N2O2/c15-11(10-3-1-2-5-13-10)14-7-12(8-14)4-6-16-9-12/h1-3,5H,4,6-9H2. The van der Waals surface area contributed by atoms with E-state index in [2.05, 4.69) is 4.98 Å². The number of aromatic nitrogens is 1. The first kappa shape index (κ1) is 9.78. The van der Waals surface area contributed by atoms with E-state index in [0.717, 1.165) is 32.7 Å². The molecule has 84 valence electrons. The van der Waals surface area contributed by atoms with Gasteiger partial charge in [-0.2, -0.15) is 0 Å². The molecule has 0 aromatic carbocycles. The van der Waals surface area contributed by atoms with Crippen molar-refractivity contribution in [3.8, 4) is 0 Å². The monoisotopic (exact) mass is 218 g/mol. The molecule has 1 amide bonds. The van der Waals surface area contributed by atoms with E-state index < -0.39 is 0 Å². The van der Waals surface area contributed by atoms with Gasteiger partial charge in [0.25, 0.3) is 5.91 Å². The molecule has 16 heavy (non-hydrogen) atoms. The highest BCUT2D eigenvalue weighted by Crippen LogP contribution is 2.38. The van der Waals surface area contributed by atoms with Gasteiger partial charge in [-0.3, -0.25) is 9.78 Å². The Hall–Kier alpha value is -1.42. The van der Waals surface area contributed by atoms with Gasteiger partial charge in [-0.15, -0.1) is 0 Å². The number of carbonyl (C=O) groups is 1. The number of ether oxygens (including phenoxy) is 1. The SMILES string of the molecule is O=C(c1ccccn1)N1CC2(CCOC2)C1. The average Bonchev–Trinajstić information content (AvgIpc) is 2.76. The Bertz CT molecular complexity index is 391. The minimum Gasteiger partial charge on any atom is -0.381 e. The van der Waals surface area contributed by atoms with Crippen molar-refractivity contribution in [2.45, 2.75) is 6.42 Å². The van der Waals surface area contributed by atoms with Gasteiger partial charge in [-0.25, -0.2) is 0 Å². The summed E-state index contributed by atoms with van der Waals surface area (Å²) >= 11 is 0. The van der Waals surface area contributed by atoms with Crippen molar-refractivity contribution in [3.63, 3.8) is 0 Å². The molecule has 0 unspecified atom stereocenters. The van der Waals surface area contributed by atoms with Gasteiger partial charge >= 0.3 is 0 Å². The fourth-order valence-electron chi connectivity index (χ4n) is 2.46. The number of hydrogen-bond acceptors (Lipinski definition) is 3. The van der Waals surface area contributed by atoms with Gasteiger partial charge in [0.05, 0.1) is 6.61 Å². The first-order chi connectivity index (χ1) is 7.79. The highest BCUT2D eigenvalue weighted by Gasteiger charge is 2.47. The lowest BCUT2D eigenvalue weighted by Crippen LogP contribution is -2.58. The summed E-state index contributed by atoms with van der Waals surface area (Å²) in [7, 11) is 0. The Morgan fingerprint density at radius 3 is 2.94 bits per heavy atom. The van der Waals surface area contributed by atoms with Crippen molar-refractivity contribution in [3.05, 3.63) is 30.1 Å². The third-order valence-electron chi connectivity index (χ3n) is 3.41. The van der Waals surface area contributed by atoms with Crippen molar-refractivity contribution >= 4 is 5.91 Å². The van der Waals surface area contributed by atoms with Crippen molar-refractivity contribution in [2.24, 2.45) is 5.41 Å². The zero-order chi connectivity index (χ0) is 11.0. The molecular weight excluding hydrogens is 204 g/mol. The van der Waals surface area contributed by atoms with E-state index in [1.807, 2.05) is 17.0 Å². The second-order valence-electron chi connectivity index (χ2n) is 4.68. The molecule has 0 N–H and O–H groups in total. The summed E-state index contributed by atoms with van der Waals surface area (Å²) in [6.45, 7) is 3.29. The predicted molar refractivity (Wildman–Crippen MR) is 58.0 cm³/mol. The Labute approximate surface area is 94.2 Å². The summed E-state index contributed by atoms with van der Waals surface area (Å²) in [5, 5.41) is 0. The zero-order valence-corrected chi connectivity index (χ0v) is 9.06. The molecule has 4 heteroatoms. The molecule has 2 aliphatic rings. The first-order valence-electron chi connectivity index (χ1n) is 5.57. The van der Waals surface area contributed by atoms with Crippen LogP contribution in [0.3, 0.4) is 0 Å². The Balaban J connectivity index is 1.66. The van der Waals surface area contributed by atoms with Gasteiger partial charge in [-0.05, 0) is 18.6 Å². The molecule has 3 heterocycles. The lowest BCUT2D eigenvalue weighted by Gasteiger charge is -2.46. The van der Waals surface area contributed by atoms with E-state index in [9.17, 15) is 4.79 Å². The molecule has 0 aliphatic carbocycles. The molecule has 1 aromatic heterocycles. The lowest BCUT2D eigenvalue weighted by atomic mass is 9.79. The maximum Gasteiger partial charge on any atom is 0.272 e. The van der Waals surface area contributed by atoms with Crippen LogP contribution in [0.25, 0.3) is 0 Å². The van der Waals surface area contributed by atoms with Crippen LogP contribution < -0.4 is 0 Å². The zero-order valence-electron chi connectivity index (χ0n) is 9.06. The van der Waals surface area contributed by atoms with Crippen LogP contribution in [0.2, 0.25) is 0 Å². The highest BCUT2D eigenvalue weighted by molar-refractivity contribution is 5.92. The smallest absolute Gasteiger partial charge is 0.272 e. The van der Waals surface area contributed by atoms with Gasteiger partial charge < -0.3 is 9.64 Å². The molecule has 0 atom stereocenters. The summed E-state index contributed by atoms with van der Waals surface area (Å²) in [5.41, 5.74) is 0.793. The Morgan fingerprint density at radius 1 is 1.44 bits per heavy atom. The first-order valence-corrected chi connectivity index (χ1v) is 5.57. The molecule has 4 nitrogen and oxygen atoms in total. The van der Waals surface area contributed by atoms with Crippen LogP contribution in [-0.2, 0) is 4.74 Å². The van der Waals surface area contributed by atoms with Crippen LogP contribution in [-0.4, -0.2) is 42.1 Å². The number of likely N-dealkylation sites (tertiary alicyclic amines) is 1. The molecule has 2 fully saturated rings. The van der Waals surface area contributed by atoms with Crippen molar-refractivity contribution in [1.82, 2.24) is 9.88 Å². The highest BCUT2D eigenvalue weighted by atomic mass is 16.5. The molecule has 0 radical (unpaired) electrons. The van der Waals surface area contributed by atoms with E-state index in [0.29, 0.717) is 5.69 Å². The topological polar surface area (TPSA) is 42.4 Å². The fourth-order valence-corrected chi connectivity index (χ4v) is 2.46. The molecule has 0 bridgehead atoms. The minimum absolute atomic E-state index is 0.0399. The van der Waals surface area contributed by atoms with Crippen molar-refractivity contribution in [1.29, 1.82) is 0 Å². The number of hydrogen-bond donors (Lipinski definition) is 0. The summed E-state index contributed by atoms with van der Waals surface area (Å²) in [5.74, 6) is 0.0399. The van der Waals surface area contributed by atoms with Crippen molar-refractivity contribution < 1.29 is 9.53 Å². The summed E-state index contributed by atoms with van der Waals surface area (Å²) < 4.78 is 5.38. The van der Waals surface area contributed by atoms with E-state index in [1.54, 1.807) is 12.3 Å². The lowest BCUT2D eigenvalue weighted by molar-refractivity contribution is -0.0000433. The summed E-state index contributed by atoms with van der Waals surface area (Å²) in [4.78, 5) is 17.9. The second-order valence-corrected chi connectivity index (χ2v) is 4.68. The minimum atomic E-state index is 0.0399. The third-order valence-corrected chi connectivity index (χ3v) is 3.41. The maximum absolute atomic E-state index is 12.0. The van der Waals surface area contributed by atoms with E-state index >= 15 is 0 Å². The largest absolute Gasteiger partial charge is 0.381 e. The molecule has 2 saturated heterocycles. The number of amides is 1. The number of nitrogens with zero attached hydrogens (tertiary/aromatic N) is 2. The summed E-state index contributed by atoms with van der Waals surface area (Å²) in [6, 6.07) is 5.42. The van der Waals surface area contributed by atoms with E-state index in [4.69, 9.17) is 4.74 Å². The number of pyridine rings is 1. The van der Waals surface area contributed by atoms with Gasteiger partial charge in [0.2, 0.25) is 0 Å². The maximum atomic E-state index is 12.0. The molecular formula is C12H14N2O2. The summed E-state index contributed by atoms with van der Waals surface area (Å²) in [6.07, 6.45) is 2.74. The van der Waals surface area contributed by atoms with Crippen LogP contribution >= 0.6 is 0 Å². The molecule has 3 rings (SSSR count). The second kappa shape index (κ2) is 3.56. The number of carbonyl (C=O) groups excluding carboxylic acids is 1. The van der Waals surface area contributed by atoms with Gasteiger partial charge in [0, 0.05) is 31.3 Å². The van der Waals surface area contributed by atoms with E-state index in [1.165, 1.54) is 0 Å². The molecule has 0 saturated carbocycles. The number of rotatable bonds is 1. The quantitative estimate of drug-likeness (QED) is 0.704. The van der Waals surface area contributed by atoms with Gasteiger partial charge in [0.1, 0.15) is 5.69 Å². The van der Waals surface area contributed by atoms with Gasteiger partial charge in [-0.1, -0.05) is 6.07 Å². The predicted octanol–water partition coefficient (Wildman–Crippen LogP) is 0.944. The Morgan fingerprint density at radius 2 is 2.31 bits per heavy atom.